The highest BCUT2D eigenvalue weighted by Gasteiger charge is 2.31. The lowest BCUT2D eigenvalue weighted by molar-refractivity contribution is 0.170. The van der Waals surface area contributed by atoms with Crippen LogP contribution in [-0.4, -0.2) is 68.7 Å². The van der Waals surface area contributed by atoms with E-state index in [9.17, 15) is 8.42 Å². The second-order valence-corrected chi connectivity index (χ2v) is 8.01. The van der Waals surface area contributed by atoms with Crippen LogP contribution in [-0.2, 0) is 10.0 Å². The SMILES string of the molecule is CC1CN(C)CCN1S(=O)(=O)CCC1CCCCN1. The Morgan fingerprint density at radius 1 is 1.26 bits per heavy atom. The first kappa shape index (κ1) is 15.2. The van der Waals surface area contributed by atoms with E-state index in [1.165, 1.54) is 12.8 Å². The maximum absolute atomic E-state index is 12.4. The molecular weight excluding hydrogens is 262 g/mol. The van der Waals surface area contributed by atoms with Gasteiger partial charge in [0, 0.05) is 31.7 Å². The van der Waals surface area contributed by atoms with Gasteiger partial charge in [0.1, 0.15) is 0 Å². The molecule has 0 spiro atoms. The summed E-state index contributed by atoms with van der Waals surface area (Å²) < 4.78 is 26.6. The number of sulfonamides is 1. The van der Waals surface area contributed by atoms with Gasteiger partial charge in [0.05, 0.1) is 5.75 Å². The van der Waals surface area contributed by atoms with Crippen LogP contribution >= 0.6 is 0 Å². The summed E-state index contributed by atoms with van der Waals surface area (Å²) in [5.41, 5.74) is 0. The topological polar surface area (TPSA) is 52.7 Å². The summed E-state index contributed by atoms with van der Waals surface area (Å²) in [7, 11) is -1.04. The number of rotatable bonds is 4. The highest BCUT2D eigenvalue weighted by atomic mass is 32.2. The maximum atomic E-state index is 12.4. The highest BCUT2D eigenvalue weighted by Crippen LogP contribution is 2.17. The molecule has 2 aliphatic heterocycles. The number of hydrogen-bond acceptors (Lipinski definition) is 4. The van der Waals surface area contributed by atoms with Gasteiger partial charge in [-0.05, 0) is 39.8 Å². The average molecular weight is 289 g/mol. The Hall–Kier alpha value is -0.170. The number of piperidine rings is 1. The van der Waals surface area contributed by atoms with E-state index >= 15 is 0 Å². The van der Waals surface area contributed by atoms with Gasteiger partial charge in [0.2, 0.25) is 10.0 Å². The van der Waals surface area contributed by atoms with Crippen LogP contribution in [0.15, 0.2) is 0 Å². The normalized spacial score (nSPS) is 31.5. The standard InChI is InChI=1S/C13H27N3O2S/c1-12-11-15(2)8-9-16(12)19(17,18)10-6-13-5-3-4-7-14-13/h12-14H,3-11H2,1-2H3. The smallest absolute Gasteiger partial charge is 0.214 e. The molecule has 0 radical (unpaired) electrons. The number of nitrogens with one attached hydrogen (secondary N) is 1. The molecule has 2 saturated heterocycles. The van der Waals surface area contributed by atoms with Crippen LogP contribution < -0.4 is 5.32 Å². The van der Waals surface area contributed by atoms with Crippen molar-refractivity contribution in [2.45, 2.75) is 44.7 Å². The van der Waals surface area contributed by atoms with Crippen LogP contribution in [0.3, 0.4) is 0 Å². The lowest BCUT2D eigenvalue weighted by Gasteiger charge is -2.37. The number of nitrogens with zero attached hydrogens (tertiary/aromatic N) is 2. The molecule has 0 saturated carbocycles. The Balaban J connectivity index is 1.86. The quantitative estimate of drug-likeness (QED) is 0.818. The lowest BCUT2D eigenvalue weighted by Crippen LogP contribution is -2.53. The van der Waals surface area contributed by atoms with Crippen molar-refractivity contribution >= 4 is 10.0 Å². The lowest BCUT2D eigenvalue weighted by atomic mass is 10.0. The molecule has 5 nitrogen and oxygen atoms in total. The molecule has 2 rings (SSSR count). The molecule has 2 heterocycles. The first-order valence-corrected chi connectivity index (χ1v) is 9.01. The third kappa shape index (κ3) is 4.15. The van der Waals surface area contributed by atoms with E-state index in [0.717, 1.165) is 32.5 Å². The van der Waals surface area contributed by atoms with Crippen LogP contribution in [0, 0.1) is 0 Å². The van der Waals surface area contributed by atoms with Crippen molar-refractivity contribution in [1.29, 1.82) is 0 Å². The molecule has 19 heavy (non-hydrogen) atoms. The minimum atomic E-state index is -3.09. The highest BCUT2D eigenvalue weighted by molar-refractivity contribution is 7.89. The molecule has 0 bridgehead atoms. The van der Waals surface area contributed by atoms with Gasteiger partial charge < -0.3 is 10.2 Å². The van der Waals surface area contributed by atoms with E-state index in [1.54, 1.807) is 4.31 Å². The summed E-state index contributed by atoms with van der Waals surface area (Å²) in [5, 5.41) is 3.42. The van der Waals surface area contributed by atoms with Crippen molar-refractivity contribution in [3.8, 4) is 0 Å². The van der Waals surface area contributed by atoms with Crippen LogP contribution in [0.5, 0.6) is 0 Å². The van der Waals surface area contributed by atoms with E-state index < -0.39 is 10.0 Å². The average Bonchev–Trinajstić information content (AvgIpc) is 2.37. The van der Waals surface area contributed by atoms with Crippen molar-refractivity contribution in [3.05, 3.63) is 0 Å². The molecule has 1 N–H and O–H groups in total. The molecule has 0 aromatic rings. The monoisotopic (exact) mass is 289 g/mol. The maximum Gasteiger partial charge on any atom is 0.214 e. The fraction of sp³-hybridized carbons (Fsp3) is 1.00. The van der Waals surface area contributed by atoms with Crippen LogP contribution in [0.2, 0.25) is 0 Å². The molecule has 2 fully saturated rings. The number of hydrogen-bond donors (Lipinski definition) is 1. The van der Waals surface area contributed by atoms with Crippen molar-refractivity contribution in [1.82, 2.24) is 14.5 Å². The molecule has 0 aromatic heterocycles. The molecule has 2 unspecified atom stereocenters. The first-order valence-electron chi connectivity index (χ1n) is 7.40. The van der Waals surface area contributed by atoms with E-state index in [2.05, 4.69) is 10.2 Å². The minimum Gasteiger partial charge on any atom is -0.314 e. The minimum absolute atomic E-state index is 0.100. The van der Waals surface area contributed by atoms with Gasteiger partial charge in [-0.15, -0.1) is 0 Å². The predicted octanol–water partition coefficient (Wildman–Crippen LogP) is 0.484. The Labute approximate surface area is 117 Å². The predicted molar refractivity (Wildman–Crippen MR) is 77.7 cm³/mol. The van der Waals surface area contributed by atoms with Crippen LogP contribution in [0.25, 0.3) is 0 Å². The van der Waals surface area contributed by atoms with E-state index in [-0.39, 0.29) is 6.04 Å². The third-order valence-electron chi connectivity index (χ3n) is 4.26. The van der Waals surface area contributed by atoms with Crippen LogP contribution in [0.1, 0.15) is 32.6 Å². The molecule has 112 valence electrons. The van der Waals surface area contributed by atoms with Gasteiger partial charge in [-0.3, -0.25) is 0 Å². The van der Waals surface area contributed by atoms with Gasteiger partial charge >= 0.3 is 0 Å². The summed E-state index contributed by atoms with van der Waals surface area (Å²) in [6.07, 6.45) is 4.32. The van der Waals surface area contributed by atoms with Gasteiger partial charge in [-0.25, -0.2) is 8.42 Å². The third-order valence-corrected chi connectivity index (χ3v) is 6.27. The Bertz CT molecular complexity index is 379. The summed E-state index contributed by atoms with van der Waals surface area (Å²) in [5.74, 6) is 0.290. The van der Waals surface area contributed by atoms with E-state index in [4.69, 9.17) is 0 Å². The van der Waals surface area contributed by atoms with Crippen molar-refractivity contribution < 1.29 is 8.42 Å². The first-order chi connectivity index (χ1) is 8.99. The summed E-state index contributed by atoms with van der Waals surface area (Å²) in [6.45, 7) is 5.35. The number of likely N-dealkylation sites (N-methyl/N-ethyl adjacent to an activating group) is 1. The fourth-order valence-corrected chi connectivity index (χ4v) is 4.91. The molecule has 6 heteroatoms. The Morgan fingerprint density at radius 3 is 2.68 bits per heavy atom. The molecule has 0 amide bonds. The zero-order valence-electron chi connectivity index (χ0n) is 12.1. The Kier molecular flexibility index (Phi) is 5.22. The van der Waals surface area contributed by atoms with Crippen molar-refractivity contribution in [3.63, 3.8) is 0 Å². The van der Waals surface area contributed by atoms with Gasteiger partial charge in [0.25, 0.3) is 0 Å². The van der Waals surface area contributed by atoms with Gasteiger partial charge in [-0.2, -0.15) is 4.31 Å². The summed E-state index contributed by atoms with van der Waals surface area (Å²) in [4.78, 5) is 2.19. The van der Waals surface area contributed by atoms with Crippen molar-refractivity contribution in [2.75, 3.05) is 39.0 Å². The molecule has 0 aromatic carbocycles. The number of piperazine rings is 1. The van der Waals surface area contributed by atoms with E-state index in [0.29, 0.717) is 18.3 Å². The Morgan fingerprint density at radius 2 is 2.05 bits per heavy atom. The molecule has 2 atom stereocenters. The molecule has 2 aliphatic rings. The van der Waals surface area contributed by atoms with Crippen molar-refractivity contribution in [2.24, 2.45) is 0 Å². The van der Waals surface area contributed by atoms with Crippen LogP contribution in [0.4, 0.5) is 0 Å². The second kappa shape index (κ2) is 6.52. The molecular formula is C13H27N3O2S. The van der Waals surface area contributed by atoms with Gasteiger partial charge in [-0.1, -0.05) is 6.42 Å². The second-order valence-electron chi connectivity index (χ2n) is 5.97. The van der Waals surface area contributed by atoms with Gasteiger partial charge in [0.15, 0.2) is 0 Å². The summed E-state index contributed by atoms with van der Waals surface area (Å²) >= 11 is 0. The fourth-order valence-electron chi connectivity index (χ4n) is 3.12. The van der Waals surface area contributed by atoms with E-state index in [1.807, 2.05) is 14.0 Å². The molecule has 0 aliphatic carbocycles. The largest absolute Gasteiger partial charge is 0.314 e. The zero-order chi connectivity index (χ0) is 13.9. The summed E-state index contributed by atoms with van der Waals surface area (Å²) in [6, 6.07) is 0.495. The zero-order valence-corrected chi connectivity index (χ0v) is 13.0.